The Morgan fingerprint density at radius 3 is 2.46 bits per heavy atom. The van der Waals surface area contributed by atoms with Crippen LogP contribution in [-0.2, 0) is 4.43 Å². The van der Waals surface area contributed by atoms with E-state index in [0.717, 1.165) is 0 Å². The first-order valence-corrected chi connectivity index (χ1v) is 12.0. The van der Waals surface area contributed by atoms with Gasteiger partial charge in [-0.25, -0.2) is 13.2 Å². The van der Waals surface area contributed by atoms with E-state index in [1.165, 1.54) is 10.8 Å². The molecule has 1 aromatic carbocycles. The number of aromatic nitrogens is 4. The summed E-state index contributed by atoms with van der Waals surface area (Å²) in [6.07, 6.45) is 1.25. The molecule has 0 saturated heterocycles. The lowest BCUT2D eigenvalue weighted by Crippen LogP contribution is -2.35. The van der Waals surface area contributed by atoms with Crippen LogP contribution in [0.15, 0.2) is 18.5 Å². The lowest BCUT2D eigenvalue weighted by molar-refractivity contribution is 0.401. The summed E-state index contributed by atoms with van der Waals surface area (Å²) in [7, 11) is -0.280. The first kappa shape index (κ1) is 20.6. The average Bonchev–Trinajstić information content (AvgIpc) is 3.04. The van der Waals surface area contributed by atoms with Gasteiger partial charge in [0, 0.05) is 25.3 Å². The van der Waals surface area contributed by atoms with Crippen molar-refractivity contribution in [2.45, 2.75) is 32.1 Å². The molecule has 0 radical (unpaired) electrons. The molecule has 28 heavy (non-hydrogen) atoms. The normalized spacial score (nSPS) is 13.1. The molecule has 1 N–H and O–H groups in total. The third kappa shape index (κ3) is 3.98. The van der Waals surface area contributed by atoms with Crippen LogP contribution in [0.4, 0.5) is 19.0 Å². The summed E-state index contributed by atoms with van der Waals surface area (Å²) < 4.78 is 49.2. The van der Waals surface area contributed by atoms with E-state index in [1.54, 1.807) is 7.11 Å². The van der Waals surface area contributed by atoms with Crippen LogP contribution >= 0.6 is 11.6 Å². The molecule has 1 unspecified atom stereocenters. The summed E-state index contributed by atoms with van der Waals surface area (Å²) in [6.45, 7) is 6.01. The maximum atomic E-state index is 14.5. The van der Waals surface area contributed by atoms with E-state index in [9.17, 15) is 13.2 Å². The molecule has 0 fully saturated rings. The van der Waals surface area contributed by atoms with Gasteiger partial charge in [0.15, 0.2) is 8.32 Å². The molecule has 1 atom stereocenters. The van der Waals surface area contributed by atoms with Crippen LogP contribution in [0.3, 0.4) is 0 Å². The second kappa shape index (κ2) is 7.68. The van der Waals surface area contributed by atoms with Crippen molar-refractivity contribution in [1.82, 2.24) is 19.6 Å². The van der Waals surface area contributed by atoms with E-state index < -0.39 is 31.3 Å². The number of halogens is 4. The largest absolute Gasteiger partial charge is 0.420 e. The minimum Gasteiger partial charge on any atom is -0.420 e. The lowest BCUT2D eigenvalue weighted by Gasteiger charge is -2.26. The Bertz CT molecular complexity index is 1010. The van der Waals surface area contributed by atoms with Crippen molar-refractivity contribution in [2.75, 3.05) is 12.4 Å². The second-order valence-corrected chi connectivity index (χ2v) is 11.7. The first-order chi connectivity index (χ1) is 13.1. The third-order valence-electron chi connectivity index (χ3n) is 4.37. The first-order valence-electron chi connectivity index (χ1n) is 8.49. The quantitative estimate of drug-likeness (QED) is 0.461. The Hall–Kier alpha value is -2.17. The summed E-state index contributed by atoms with van der Waals surface area (Å²) in [4.78, 5) is 8.03. The average molecular weight is 430 g/mol. The van der Waals surface area contributed by atoms with Crippen LogP contribution in [-0.4, -0.2) is 41.1 Å². The van der Waals surface area contributed by atoms with Crippen molar-refractivity contribution in [3.8, 4) is 11.1 Å². The van der Waals surface area contributed by atoms with Crippen LogP contribution in [0.1, 0.15) is 6.92 Å². The molecule has 11 heteroatoms. The van der Waals surface area contributed by atoms with Crippen LogP contribution in [0.2, 0.25) is 24.3 Å². The molecule has 0 aliphatic carbocycles. The van der Waals surface area contributed by atoms with Crippen LogP contribution < -0.4 is 5.32 Å². The molecule has 0 bridgehead atoms. The smallest absolute Gasteiger partial charge is 0.255 e. The number of nitrogens with one attached hydrogen (secondary N) is 1. The van der Waals surface area contributed by atoms with E-state index in [2.05, 4.69) is 33.5 Å². The highest BCUT2D eigenvalue weighted by molar-refractivity contribution is 6.71. The van der Waals surface area contributed by atoms with Gasteiger partial charge in [-0.3, -0.25) is 0 Å². The lowest BCUT2D eigenvalue weighted by atomic mass is 10.1. The minimum absolute atomic E-state index is 0.0570. The van der Waals surface area contributed by atoms with Gasteiger partial charge in [-0.05, 0) is 26.1 Å². The molecule has 2 heterocycles. The number of fused-ring (bicyclic) bond motifs is 1. The minimum atomic E-state index is -1.94. The second-order valence-electron chi connectivity index (χ2n) is 7.06. The fraction of sp³-hybridized carbons (Fsp3) is 0.353. The number of anilines is 1. The third-order valence-corrected chi connectivity index (χ3v) is 7.35. The van der Waals surface area contributed by atoms with Gasteiger partial charge in [0.05, 0.1) is 11.1 Å². The maximum Gasteiger partial charge on any atom is 0.255 e. The highest BCUT2D eigenvalue weighted by atomic mass is 35.5. The van der Waals surface area contributed by atoms with Crippen molar-refractivity contribution < 1.29 is 17.6 Å². The molecular formula is C17H19ClF3N5OSi. The monoisotopic (exact) mass is 429 g/mol. The van der Waals surface area contributed by atoms with Crippen LogP contribution in [0.25, 0.3) is 16.9 Å². The van der Waals surface area contributed by atoms with Crippen LogP contribution in [0.5, 0.6) is 0 Å². The summed E-state index contributed by atoms with van der Waals surface area (Å²) in [6, 6.07) is 1.74. The van der Waals surface area contributed by atoms with Gasteiger partial charge in [-0.1, -0.05) is 11.6 Å². The number of nitrogens with zero attached hydrogens (tertiary/aromatic N) is 4. The maximum absolute atomic E-state index is 14.5. The van der Waals surface area contributed by atoms with Crippen molar-refractivity contribution in [3.63, 3.8) is 0 Å². The van der Waals surface area contributed by atoms with Gasteiger partial charge in [0.2, 0.25) is 0 Å². The Morgan fingerprint density at radius 2 is 1.86 bits per heavy atom. The molecule has 0 spiro atoms. The van der Waals surface area contributed by atoms with Gasteiger partial charge in [-0.2, -0.15) is 19.6 Å². The van der Waals surface area contributed by atoms with Crippen molar-refractivity contribution >= 4 is 31.5 Å². The predicted octanol–water partition coefficient (Wildman–Crippen LogP) is 4.51. The number of hydrogen-bond donors (Lipinski definition) is 1. The zero-order valence-corrected chi connectivity index (χ0v) is 17.5. The zero-order chi connectivity index (χ0) is 20.6. The van der Waals surface area contributed by atoms with Gasteiger partial charge in [0.1, 0.15) is 34.7 Å². The van der Waals surface area contributed by atoms with E-state index in [1.807, 2.05) is 6.92 Å². The molecule has 0 aliphatic rings. The molecule has 0 amide bonds. The summed E-state index contributed by atoms with van der Waals surface area (Å²) >= 11 is 6.25. The zero-order valence-electron chi connectivity index (χ0n) is 15.7. The fourth-order valence-corrected chi connectivity index (χ4v) is 5.06. The van der Waals surface area contributed by atoms with Crippen molar-refractivity contribution in [3.05, 3.63) is 41.1 Å². The number of hydrogen-bond acceptors (Lipinski definition) is 5. The topological polar surface area (TPSA) is 64.3 Å². The summed E-state index contributed by atoms with van der Waals surface area (Å²) in [5, 5.41) is 7.10. The highest BCUT2D eigenvalue weighted by Gasteiger charge is 2.28. The van der Waals surface area contributed by atoms with Gasteiger partial charge in [0.25, 0.3) is 5.78 Å². The van der Waals surface area contributed by atoms with Crippen molar-refractivity contribution in [1.29, 1.82) is 0 Å². The molecule has 150 valence electrons. The molecule has 0 aliphatic heterocycles. The standard InChI is InChI=1S/C17H19ClF3N5OSi/c1-9(7-28(3,4)27-2)24-16-14(13-11(20)5-10(19)6-12(13)21)15(18)25-17-22-8-23-26(16)17/h5-6,8-9,24H,7H2,1-4H3. The summed E-state index contributed by atoms with van der Waals surface area (Å²) in [5.41, 5.74) is -0.548. The Labute approximate surface area is 165 Å². The number of rotatable bonds is 6. The van der Waals surface area contributed by atoms with E-state index in [-0.39, 0.29) is 28.4 Å². The van der Waals surface area contributed by atoms with E-state index in [0.29, 0.717) is 18.2 Å². The molecular weight excluding hydrogens is 411 g/mol. The fourth-order valence-electron chi connectivity index (χ4n) is 3.06. The van der Waals surface area contributed by atoms with Crippen LogP contribution in [0, 0.1) is 17.5 Å². The van der Waals surface area contributed by atoms with Crippen molar-refractivity contribution in [2.24, 2.45) is 0 Å². The van der Waals surface area contributed by atoms with E-state index >= 15 is 0 Å². The predicted molar refractivity (Wildman–Crippen MR) is 103 cm³/mol. The summed E-state index contributed by atoms with van der Waals surface area (Å²) in [5.74, 6) is -2.84. The molecule has 0 saturated carbocycles. The van der Waals surface area contributed by atoms with Gasteiger partial charge in [-0.15, -0.1) is 0 Å². The Morgan fingerprint density at radius 1 is 1.21 bits per heavy atom. The number of benzene rings is 1. The molecule has 3 aromatic rings. The van der Waals surface area contributed by atoms with Gasteiger partial charge >= 0.3 is 0 Å². The Balaban J connectivity index is 2.19. The van der Waals surface area contributed by atoms with Gasteiger partial charge < -0.3 is 9.74 Å². The molecule has 3 rings (SSSR count). The molecule has 2 aromatic heterocycles. The van der Waals surface area contributed by atoms with E-state index in [4.69, 9.17) is 16.0 Å². The molecule has 6 nitrogen and oxygen atoms in total. The Kier molecular flexibility index (Phi) is 5.64. The SMILES string of the molecule is CO[Si](C)(C)CC(C)Nc1c(-c2c(F)cc(F)cc2F)c(Cl)nc2ncnn12. The highest BCUT2D eigenvalue weighted by Crippen LogP contribution is 2.38.